The topological polar surface area (TPSA) is 40.6 Å². The molecule has 0 N–H and O–H groups in total. The van der Waals surface area contributed by atoms with Gasteiger partial charge in [0.15, 0.2) is 0 Å². The number of hydrogen-bond acceptors (Lipinski definition) is 2. The number of hydrogen-bond donors (Lipinski definition) is 0. The Bertz CT molecular complexity index is 317. The van der Waals surface area contributed by atoms with Crippen LogP contribution in [0.5, 0.6) is 0 Å². The molecule has 4 heteroatoms. The molecule has 0 bridgehead atoms. The fourth-order valence-electron chi connectivity index (χ4n) is 2.81. The van der Waals surface area contributed by atoms with Crippen molar-refractivity contribution in [2.24, 2.45) is 0 Å². The first-order chi connectivity index (χ1) is 8.15. The lowest BCUT2D eigenvalue weighted by atomic mass is 10.0. The van der Waals surface area contributed by atoms with Gasteiger partial charge in [-0.15, -0.1) is 0 Å². The molecule has 2 rings (SSSR count). The monoisotopic (exact) mass is 238 g/mol. The van der Waals surface area contributed by atoms with Crippen LogP contribution in [0.15, 0.2) is 0 Å². The molecule has 2 unspecified atom stereocenters. The standard InChI is InChI=1S/C13H22N2O2/c1-3-10(2)14-9-7-12(16)15-8-5-4-6-11(15)13(14)17/h10-11H,3-9H2,1-2H3. The van der Waals surface area contributed by atoms with Crippen LogP contribution in [0, 0.1) is 0 Å². The summed E-state index contributed by atoms with van der Waals surface area (Å²) in [5.74, 6) is 0.332. The predicted molar refractivity (Wildman–Crippen MR) is 65.4 cm³/mol. The van der Waals surface area contributed by atoms with Gasteiger partial charge < -0.3 is 9.80 Å². The number of amides is 2. The van der Waals surface area contributed by atoms with E-state index in [1.165, 1.54) is 0 Å². The number of nitrogens with zero attached hydrogens (tertiary/aromatic N) is 2. The van der Waals surface area contributed by atoms with E-state index in [1.807, 2.05) is 9.80 Å². The third kappa shape index (κ3) is 2.31. The zero-order valence-electron chi connectivity index (χ0n) is 10.8. The van der Waals surface area contributed by atoms with Gasteiger partial charge in [-0.2, -0.15) is 0 Å². The van der Waals surface area contributed by atoms with Gasteiger partial charge in [0, 0.05) is 25.6 Å². The highest BCUT2D eigenvalue weighted by Crippen LogP contribution is 2.24. The molecule has 17 heavy (non-hydrogen) atoms. The molecule has 2 saturated heterocycles. The van der Waals surface area contributed by atoms with Crippen molar-refractivity contribution in [1.29, 1.82) is 0 Å². The normalized spacial score (nSPS) is 27.8. The molecule has 2 amide bonds. The van der Waals surface area contributed by atoms with Crippen molar-refractivity contribution >= 4 is 11.8 Å². The lowest BCUT2D eigenvalue weighted by Gasteiger charge is -2.35. The quantitative estimate of drug-likeness (QED) is 0.729. The molecule has 2 aliphatic heterocycles. The number of carbonyl (C=O) groups excluding carboxylic acids is 2. The zero-order chi connectivity index (χ0) is 12.4. The van der Waals surface area contributed by atoms with Crippen molar-refractivity contribution in [3.05, 3.63) is 0 Å². The zero-order valence-corrected chi connectivity index (χ0v) is 10.8. The lowest BCUT2D eigenvalue weighted by molar-refractivity contribution is -0.144. The molecular formula is C13H22N2O2. The average Bonchev–Trinajstić information content (AvgIpc) is 2.49. The van der Waals surface area contributed by atoms with Gasteiger partial charge in [-0.3, -0.25) is 9.59 Å². The summed E-state index contributed by atoms with van der Waals surface area (Å²) >= 11 is 0. The highest BCUT2D eigenvalue weighted by Gasteiger charge is 2.38. The maximum Gasteiger partial charge on any atom is 0.245 e. The molecule has 2 heterocycles. The SMILES string of the molecule is CCC(C)N1CCC(=O)N2CCCCC2C1=O. The largest absolute Gasteiger partial charge is 0.338 e. The summed E-state index contributed by atoms with van der Waals surface area (Å²) in [7, 11) is 0. The van der Waals surface area contributed by atoms with Gasteiger partial charge >= 0.3 is 0 Å². The Morgan fingerprint density at radius 2 is 2.06 bits per heavy atom. The van der Waals surface area contributed by atoms with Crippen molar-refractivity contribution in [1.82, 2.24) is 9.80 Å². The van der Waals surface area contributed by atoms with Crippen LogP contribution in [0.3, 0.4) is 0 Å². The minimum atomic E-state index is -0.173. The van der Waals surface area contributed by atoms with Crippen LogP contribution in [0.1, 0.15) is 46.0 Å². The first kappa shape index (κ1) is 12.4. The summed E-state index contributed by atoms with van der Waals surface area (Å²) < 4.78 is 0. The van der Waals surface area contributed by atoms with Crippen LogP contribution < -0.4 is 0 Å². The van der Waals surface area contributed by atoms with Gasteiger partial charge in [-0.25, -0.2) is 0 Å². The third-order valence-corrected chi connectivity index (χ3v) is 4.08. The fraction of sp³-hybridized carbons (Fsp3) is 0.846. The van der Waals surface area contributed by atoms with Crippen LogP contribution in [-0.2, 0) is 9.59 Å². The molecule has 0 spiro atoms. The van der Waals surface area contributed by atoms with Crippen LogP contribution in [0.4, 0.5) is 0 Å². The van der Waals surface area contributed by atoms with Crippen molar-refractivity contribution in [3.63, 3.8) is 0 Å². The second-order valence-electron chi connectivity index (χ2n) is 5.14. The molecule has 0 aromatic carbocycles. The Hall–Kier alpha value is -1.06. The highest BCUT2D eigenvalue weighted by molar-refractivity contribution is 5.90. The van der Waals surface area contributed by atoms with E-state index in [4.69, 9.17) is 0 Å². The van der Waals surface area contributed by atoms with Gasteiger partial charge in [0.25, 0.3) is 0 Å². The summed E-state index contributed by atoms with van der Waals surface area (Å²) in [6, 6.07) is 0.0740. The van der Waals surface area contributed by atoms with Crippen molar-refractivity contribution in [3.8, 4) is 0 Å². The second kappa shape index (κ2) is 5.07. The summed E-state index contributed by atoms with van der Waals surface area (Å²) in [4.78, 5) is 28.2. The Labute approximate surface area is 103 Å². The van der Waals surface area contributed by atoms with Gasteiger partial charge in [0.2, 0.25) is 11.8 Å². The van der Waals surface area contributed by atoms with Gasteiger partial charge in [-0.1, -0.05) is 6.92 Å². The molecule has 0 saturated carbocycles. The summed E-state index contributed by atoms with van der Waals surface area (Å²) in [6.07, 6.45) is 4.39. The minimum Gasteiger partial charge on any atom is -0.338 e. The van der Waals surface area contributed by atoms with Crippen molar-refractivity contribution < 1.29 is 9.59 Å². The molecule has 0 radical (unpaired) electrons. The minimum absolute atomic E-state index is 0.161. The molecule has 2 atom stereocenters. The number of piperidine rings is 1. The summed E-state index contributed by atoms with van der Waals surface area (Å²) in [5.41, 5.74) is 0. The average molecular weight is 238 g/mol. The van der Waals surface area contributed by atoms with Crippen LogP contribution in [0.2, 0.25) is 0 Å². The maximum atomic E-state index is 12.5. The van der Waals surface area contributed by atoms with E-state index >= 15 is 0 Å². The predicted octanol–water partition coefficient (Wildman–Crippen LogP) is 1.40. The van der Waals surface area contributed by atoms with E-state index < -0.39 is 0 Å². The first-order valence-electron chi connectivity index (χ1n) is 6.75. The highest BCUT2D eigenvalue weighted by atomic mass is 16.2. The van der Waals surface area contributed by atoms with Crippen molar-refractivity contribution in [2.75, 3.05) is 13.1 Å². The molecule has 0 aromatic rings. The smallest absolute Gasteiger partial charge is 0.245 e. The van der Waals surface area contributed by atoms with E-state index in [0.29, 0.717) is 13.0 Å². The third-order valence-electron chi connectivity index (χ3n) is 4.08. The lowest BCUT2D eigenvalue weighted by Crippen LogP contribution is -2.51. The molecule has 0 aliphatic carbocycles. The summed E-state index contributed by atoms with van der Waals surface area (Å²) in [5, 5.41) is 0. The number of fused-ring (bicyclic) bond motifs is 1. The Morgan fingerprint density at radius 1 is 1.29 bits per heavy atom. The van der Waals surface area contributed by atoms with Gasteiger partial charge in [0.05, 0.1) is 0 Å². The molecular weight excluding hydrogens is 216 g/mol. The molecule has 0 aromatic heterocycles. The molecule has 4 nitrogen and oxygen atoms in total. The molecule has 2 fully saturated rings. The van der Waals surface area contributed by atoms with E-state index in [0.717, 1.165) is 32.2 Å². The fourth-order valence-corrected chi connectivity index (χ4v) is 2.81. The van der Waals surface area contributed by atoms with E-state index in [-0.39, 0.29) is 23.9 Å². The number of carbonyl (C=O) groups is 2. The van der Waals surface area contributed by atoms with Crippen LogP contribution in [0.25, 0.3) is 0 Å². The van der Waals surface area contributed by atoms with Gasteiger partial charge in [0.1, 0.15) is 6.04 Å². The van der Waals surface area contributed by atoms with Gasteiger partial charge in [-0.05, 0) is 32.6 Å². The Kier molecular flexibility index (Phi) is 3.69. The summed E-state index contributed by atoms with van der Waals surface area (Å²) in [6.45, 7) is 5.52. The van der Waals surface area contributed by atoms with E-state index in [1.54, 1.807) is 0 Å². The van der Waals surface area contributed by atoms with Crippen LogP contribution in [-0.4, -0.2) is 46.8 Å². The van der Waals surface area contributed by atoms with Crippen molar-refractivity contribution in [2.45, 2.75) is 58.0 Å². The first-order valence-corrected chi connectivity index (χ1v) is 6.75. The van der Waals surface area contributed by atoms with E-state index in [9.17, 15) is 9.59 Å². The van der Waals surface area contributed by atoms with Crippen LogP contribution >= 0.6 is 0 Å². The molecule has 96 valence electrons. The maximum absolute atomic E-state index is 12.5. The van der Waals surface area contributed by atoms with E-state index in [2.05, 4.69) is 13.8 Å². The molecule has 2 aliphatic rings. The second-order valence-corrected chi connectivity index (χ2v) is 5.14. The number of rotatable bonds is 2. The Morgan fingerprint density at radius 3 is 2.76 bits per heavy atom. The Balaban J connectivity index is 2.20.